The molecule has 2 N–H and O–H groups in total. The summed E-state index contributed by atoms with van der Waals surface area (Å²) in [6.07, 6.45) is 1.59. The van der Waals surface area contributed by atoms with E-state index in [0.29, 0.717) is 32.4 Å². The van der Waals surface area contributed by atoms with Crippen LogP contribution in [0.15, 0.2) is 18.2 Å². The van der Waals surface area contributed by atoms with E-state index in [1.165, 1.54) is 0 Å². The molecule has 1 fully saturated rings. The SMILES string of the molecule is COc1ccc(OC)c(CCC(=O)N2CC[C@H](C(N)=O)C2)c1. The number of hydrogen-bond acceptors (Lipinski definition) is 4. The molecule has 1 atom stereocenters. The van der Waals surface area contributed by atoms with Crippen molar-refractivity contribution >= 4 is 11.8 Å². The minimum absolute atomic E-state index is 0.0358. The number of benzene rings is 1. The standard InChI is InChI=1S/C16H22N2O4/c1-21-13-4-5-14(22-2)11(9-13)3-6-15(19)18-8-7-12(10-18)16(17)20/h4-5,9,12H,3,6-8,10H2,1-2H3,(H2,17,20)/t12-/m0/s1. The number of aryl methyl sites for hydroxylation is 1. The largest absolute Gasteiger partial charge is 0.497 e. The normalized spacial score (nSPS) is 17.4. The van der Waals surface area contributed by atoms with Crippen molar-refractivity contribution in [3.8, 4) is 11.5 Å². The fourth-order valence-electron chi connectivity index (χ4n) is 2.70. The number of amides is 2. The summed E-state index contributed by atoms with van der Waals surface area (Å²) in [5.41, 5.74) is 6.22. The fourth-order valence-corrected chi connectivity index (χ4v) is 2.70. The molecule has 0 bridgehead atoms. The zero-order valence-electron chi connectivity index (χ0n) is 13.0. The lowest BCUT2D eigenvalue weighted by Crippen LogP contribution is -2.31. The van der Waals surface area contributed by atoms with Crippen molar-refractivity contribution in [3.05, 3.63) is 23.8 Å². The van der Waals surface area contributed by atoms with Crippen LogP contribution in [0.3, 0.4) is 0 Å². The number of rotatable bonds is 6. The number of carbonyl (C=O) groups excluding carboxylic acids is 2. The van der Waals surface area contributed by atoms with Crippen molar-refractivity contribution in [2.45, 2.75) is 19.3 Å². The second-order valence-electron chi connectivity index (χ2n) is 5.41. The molecule has 120 valence electrons. The Morgan fingerprint density at radius 2 is 2.09 bits per heavy atom. The van der Waals surface area contributed by atoms with Gasteiger partial charge in [-0.1, -0.05) is 0 Å². The highest BCUT2D eigenvalue weighted by Crippen LogP contribution is 2.26. The summed E-state index contributed by atoms with van der Waals surface area (Å²) >= 11 is 0. The van der Waals surface area contributed by atoms with Crippen LogP contribution in [0.1, 0.15) is 18.4 Å². The van der Waals surface area contributed by atoms with Crippen LogP contribution in [0.2, 0.25) is 0 Å². The monoisotopic (exact) mass is 306 g/mol. The van der Waals surface area contributed by atoms with Gasteiger partial charge in [0.05, 0.1) is 20.1 Å². The number of likely N-dealkylation sites (tertiary alicyclic amines) is 1. The van der Waals surface area contributed by atoms with Crippen molar-refractivity contribution in [1.29, 1.82) is 0 Å². The first-order valence-corrected chi connectivity index (χ1v) is 7.33. The van der Waals surface area contributed by atoms with Gasteiger partial charge in [0.2, 0.25) is 11.8 Å². The highest BCUT2D eigenvalue weighted by molar-refractivity contribution is 5.81. The van der Waals surface area contributed by atoms with Crippen LogP contribution in [-0.4, -0.2) is 44.0 Å². The first-order chi connectivity index (χ1) is 10.5. The van der Waals surface area contributed by atoms with Gasteiger partial charge in [-0.05, 0) is 36.6 Å². The predicted molar refractivity (Wildman–Crippen MR) is 81.7 cm³/mol. The minimum Gasteiger partial charge on any atom is -0.497 e. The van der Waals surface area contributed by atoms with Gasteiger partial charge in [-0.3, -0.25) is 9.59 Å². The molecule has 1 aliphatic heterocycles. The second-order valence-corrected chi connectivity index (χ2v) is 5.41. The van der Waals surface area contributed by atoms with Crippen molar-refractivity contribution in [2.75, 3.05) is 27.3 Å². The summed E-state index contributed by atoms with van der Waals surface area (Å²) < 4.78 is 10.5. The molecule has 0 radical (unpaired) electrons. The van der Waals surface area contributed by atoms with Gasteiger partial charge in [-0.2, -0.15) is 0 Å². The van der Waals surface area contributed by atoms with Gasteiger partial charge in [0, 0.05) is 19.5 Å². The Labute approximate surface area is 130 Å². The van der Waals surface area contributed by atoms with E-state index in [1.807, 2.05) is 18.2 Å². The number of nitrogens with zero attached hydrogens (tertiary/aromatic N) is 1. The van der Waals surface area contributed by atoms with Crippen molar-refractivity contribution in [3.63, 3.8) is 0 Å². The molecule has 2 amide bonds. The molecule has 0 aromatic heterocycles. The third kappa shape index (κ3) is 3.69. The average Bonchev–Trinajstić information content (AvgIpc) is 3.02. The van der Waals surface area contributed by atoms with E-state index in [0.717, 1.165) is 17.1 Å². The van der Waals surface area contributed by atoms with Gasteiger partial charge in [0.1, 0.15) is 11.5 Å². The third-order valence-electron chi connectivity index (χ3n) is 4.04. The predicted octanol–water partition coefficient (Wildman–Crippen LogP) is 0.970. The van der Waals surface area contributed by atoms with Gasteiger partial charge in [0.15, 0.2) is 0 Å². The fraction of sp³-hybridized carbons (Fsp3) is 0.500. The highest BCUT2D eigenvalue weighted by atomic mass is 16.5. The molecule has 1 heterocycles. The second kappa shape index (κ2) is 7.15. The molecule has 22 heavy (non-hydrogen) atoms. The van der Waals surface area contributed by atoms with E-state index < -0.39 is 0 Å². The number of ether oxygens (including phenoxy) is 2. The lowest BCUT2D eigenvalue weighted by molar-refractivity contribution is -0.130. The van der Waals surface area contributed by atoms with E-state index in [1.54, 1.807) is 19.1 Å². The molecule has 0 aliphatic carbocycles. The van der Waals surface area contributed by atoms with E-state index in [9.17, 15) is 9.59 Å². The Kier molecular flexibility index (Phi) is 5.25. The zero-order chi connectivity index (χ0) is 16.1. The molecule has 1 saturated heterocycles. The van der Waals surface area contributed by atoms with Crippen LogP contribution in [0.4, 0.5) is 0 Å². The van der Waals surface area contributed by atoms with Crippen LogP contribution in [0.5, 0.6) is 11.5 Å². The Morgan fingerprint density at radius 3 is 2.68 bits per heavy atom. The molecule has 1 aromatic rings. The number of primary amides is 1. The molecule has 0 saturated carbocycles. The molecule has 6 heteroatoms. The number of carbonyl (C=O) groups is 2. The lowest BCUT2D eigenvalue weighted by Gasteiger charge is -2.16. The molecule has 2 rings (SSSR count). The molecular weight excluding hydrogens is 284 g/mol. The van der Waals surface area contributed by atoms with E-state index in [4.69, 9.17) is 15.2 Å². The minimum atomic E-state index is -0.329. The van der Waals surface area contributed by atoms with Gasteiger partial charge < -0.3 is 20.1 Å². The Hall–Kier alpha value is -2.24. The van der Waals surface area contributed by atoms with Gasteiger partial charge in [0.25, 0.3) is 0 Å². The maximum absolute atomic E-state index is 12.2. The molecular formula is C16H22N2O4. The van der Waals surface area contributed by atoms with Crippen LogP contribution in [-0.2, 0) is 16.0 Å². The molecule has 1 aromatic carbocycles. The quantitative estimate of drug-likeness (QED) is 0.849. The topological polar surface area (TPSA) is 81.9 Å². The van der Waals surface area contributed by atoms with Crippen LogP contribution >= 0.6 is 0 Å². The van der Waals surface area contributed by atoms with Gasteiger partial charge in [-0.25, -0.2) is 0 Å². The van der Waals surface area contributed by atoms with Crippen LogP contribution in [0.25, 0.3) is 0 Å². The third-order valence-corrected chi connectivity index (χ3v) is 4.04. The Balaban J connectivity index is 1.95. The first-order valence-electron chi connectivity index (χ1n) is 7.33. The van der Waals surface area contributed by atoms with Crippen molar-refractivity contribution in [2.24, 2.45) is 11.7 Å². The van der Waals surface area contributed by atoms with E-state index >= 15 is 0 Å². The number of nitrogens with two attached hydrogens (primary N) is 1. The Bertz CT molecular complexity index is 559. The highest BCUT2D eigenvalue weighted by Gasteiger charge is 2.29. The Morgan fingerprint density at radius 1 is 1.32 bits per heavy atom. The van der Waals surface area contributed by atoms with Crippen molar-refractivity contribution in [1.82, 2.24) is 4.90 Å². The van der Waals surface area contributed by atoms with Crippen LogP contribution < -0.4 is 15.2 Å². The molecule has 0 unspecified atom stereocenters. The zero-order valence-corrected chi connectivity index (χ0v) is 13.0. The summed E-state index contributed by atoms with van der Waals surface area (Å²) in [4.78, 5) is 25.1. The number of hydrogen-bond donors (Lipinski definition) is 1. The molecule has 1 aliphatic rings. The van der Waals surface area contributed by atoms with Crippen molar-refractivity contribution < 1.29 is 19.1 Å². The molecule has 6 nitrogen and oxygen atoms in total. The summed E-state index contributed by atoms with van der Waals surface area (Å²) in [5, 5.41) is 0. The van der Waals surface area contributed by atoms with E-state index in [2.05, 4.69) is 0 Å². The first kappa shape index (κ1) is 16.1. The summed E-state index contributed by atoms with van der Waals surface area (Å²) in [5.74, 6) is 0.969. The number of methoxy groups -OCH3 is 2. The maximum Gasteiger partial charge on any atom is 0.222 e. The summed E-state index contributed by atoms with van der Waals surface area (Å²) in [7, 11) is 3.20. The summed E-state index contributed by atoms with van der Waals surface area (Å²) in [6.45, 7) is 1.03. The van der Waals surface area contributed by atoms with E-state index in [-0.39, 0.29) is 17.7 Å². The molecule has 0 spiro atoms. The smallest absolute Gasteiger partial charge is 0.222 e. The maximum atomic E-state index is 12.2. The average molecular weight is 306 g/mol. The summed E-state index contributed by atoms with van der Waals surface area (Å²) in [6, 6.07) is 5.53. The lowest BCUT2D eigenvalue weighted by atomic mass is 10.1. The van der Waals surface area contributed by atoms with Gasteiger partial charge in [-0.15, -0.1) is 0 Å². The van der Waals surface area contributed by atoms with Gasteiger partial charge >= 0.3 is 0 Å². The van der Waals surface area contributed by atoms with Crippen LogP contribution in [0, 0.1) is 5.92 Å².